The average molecular weight is 432 g/mol. The summed E-state index contributed by atoms with van der Waals surface area (Å²) in [6.45, 7) is 2.17. The minimum Gasteiger partial charge on any atom is -0.462 e. The zero-order chi connectivity index (χ0) is 20.2. The van der Waals surface area contributed by atoms with Gasteiger partial charge in [0.1, 0.15) is 11.3 Å². The Kier molecular flexibility index (Phi) is 5.87. The summed E-state index contributed by atoms with van der Waals surface area (Å²) in [6, 6.07) is 9.95. The van der Waals surface area contributed by atoms with E-state index in [1.165, 1.54) is 23.8 Å². The lowest BCUT2D eigenvalue weighted by Crippen LogP contribution is -2.09. The van der Waals surface area contributed by atoms with Gasteiger partial charge in [-0.2, -0.15) is 0 Å². The van der Waals surface area contributed by atoms with Gasteiger partial charge in [0.15, 0.2) is 6.26 Å². The van der Waals surface area contributed by atoms with Crippen LogP contribution in [0.3, 0.4) is 0 Å². The van der Waals surface area contributed by atoms with Gasteiger partial charge in [-0.3, -0.25) is 0 Å². The van der Waals surface area contributed by atoms with E-state index in [0.29, 0.717) is 28.5 Å². The summed E-state index contributed by atoms with van der Waals surface area (Å²) < 4.78 is 22.4. The second-order valence-corrected chi connectivity index (χ2v) is 7.48. The van der Waals surface area contributed by atoms with E-state index in [2.05, 4.69) is 4.98 Å². The Morgan fingerprint density at radius 3 is 2.90 bits per heavy atom. The summed E-state index contributed by atoms with van der Waals surface area (Å²) >= 11 is 7.85. The van der Waals surface area contributed by atoms with Crippen LogP contribution >= 0.6 is 22.9 Å². The summed E-state index contributed by atoms with van der Waals surface area (Å²) in [7, 11) is 0. The van der Waals surface area contributed by atoms with Crippen LogP contribution in [0.4, 0.5) is 0 Å². The number of rotatable bonds is 7. The van der Waals surface area contributed by atoms with Crippen molar-refractivity contribution < 1.29 is 23.7 Å². The highest BCUT2D eigenvalue weighted by molar-refractivity contribution is 7.18. The van der Waals surface area contributed by atoms with Crippen LogP contribution < -0.4 is 0 Å². The predicted molar refractivity (Wildman–Crippen MR) is 110 cm³/mol. The maximum atomic E-state index is 12.3. The molecule has 0 radical (unpaired) electrons. The number of thiophene rings is 1. The van der Waals surface area contributed by atoms with E-state index in [1.54, 1.807) is 6.92 Å². The molecule has 0 fully saturated rings. The Bertz CT molecular complexity index is 1050. The summed E-state index contributed by atoms with van der Waals surface area (Å²) in [5, 5.41) is 2.93. The molecule has 8 heteroatoms. The van der Waals surface area contributed by atoms with Gasteiger partial charge in [0.05, 0.1) is 16.9 Å². The Labute approximate surface area is 176 Å². The van der Waals surface area contributed by atoms with E-state index < -0.39 is 12.1 Å². The molecule has 1 aromatic carbocycles. The third-order valence-corrected chi connectivity index (χ3v) is 5.71. The molecule has 0 bridgehead atoms. The standard InChI is InChI=1S/C21H18ClNO5S/c1-2-26-21(24)14-9-23-20(22)18-15(11-29-19(14)18)16(28-17-10-25-12-27-17)8-13-6-4-3-5-7-13/h3-7,9-11,16H,2,8,12H2,1H3. The molecule has 0 amide bonds. The first-order valence-corrected chi connectivity index (χ1v) is 10.3. The van der Waals surface area contributed by atoms with E-state index >= 15 is 0 Å². The number of aromatic nitrogens is 1. The molecule has 1 aliphatic rings. The van der Waals surface area contributed by atoms with Crippen molar-refractivity contribution in [2.75, 3.05) is 13.4 Å². The summed E-state index contributed by atoms with van der Waals surface area (Å²) in [5.41, 5.74) is 2.30. The molecule has 0 saturated carbocycles. The number of nitrogens with zero attached hydrogens (tertiary/aromatic N) is 1. The fraction of sp³-hybridized carbons (Fsp3) is 0.238. The molecule has 0 aliphatic carbocycles. The Morgan fingerprint density at radius 2 is 2.17 bits per heavy atom. The van der Waals surface area contributed by atoms with Gasteiger partial charge >= 0.3 is 11.9 Å². The van der Waals surface area contributed by atoms with Gasteiger partial charge < -0.3 is 18.9 Å². The van der Waals surface area contributed by atoms with Crippen LogP contribution in [0.2, 0.25) is 5.15 Å². The van der Waals surface area contributed by atoms with Crippen LogP contribution in [0.15, 0.2) is 54.1 Å². The largest absolute Gasteiger partial charge is 0.462 e. The fourth-order valence-corrected chi connectivity index (χ4v) is 4.51. The Balaban J connectivity index is 1.77. The lowest BCUT2D eigenvalue weighted by molar-refractivity contribution is -0.0214. The summed E-state index contributed by atoms with van der Waals surface area (Å²) in [5.74, 6) is -0.123. The van der Waals surface area contributed by atoms with Crippen molar-refractivity contribution >= 4 is 39.0 Å². The first kappa shape index (κ1) is 19.5. The van der Waals surface area contributed by atoms with Gasteiger partial charge in [0, 0.05) is 23.6 Å². The first-order chi connectivity index (χ1) is 14.2. The van der Waals surface area contributed by atoms with Gasteiger partial charge in [0.25, 0.3) is 0 Å². The molecule has 3 aromatic rings. The molecule has 1 atom stereocenters. The summed E-state index contributed by atoms with van der Waals surface area (Å²) in [6.07, 6.45) is 3.06. The van der Waals surface area contributed by atoms with Gasteiger partial charge in [-0.15, -0.1) is 11.3 Å². The average Bonchev–Trinajstić information content (AvgIpc) is 3.39. The number of ether oxygens (including phenoxy) is 4. The second-order valence-electron chi connectivity index (χ2n) is 6.24. The molecule has 0 spiro atoms. The van der Waals surface area contributed by atoms with Crippen molar-refractivity contribution in [3.05, 3.63) is 76.0 Å². The molecule has 2 aromatic heterocycles. The lowest BCUT2D eigenvalue weighted by atomic mass is 10.0. The SMILES string of the molecule is CCOC(=O)c1cnc(Cl)c2c(C(Cc3ccccc3)OC3=COCO3)csc12. The van der Waals surface area contributed by atoms with Gasteiger partial charge in [-0.05, 0) is 17.9 Å². The highest BCUT2D eigenvalue weighted by Gasteiger charge is 2.26. The van der Waals surface area contributed by atoms with Crippen molar-refractivity contribution in [3.8, 4) is 0 Å². The Hall–Kier alpha value is -2.77. The highest BCUT2D eigenvalue weighted by Crippen LogP contribution is 2.40. The molecule has 3 heterocycles. The molecule has 4 rings (SSSR count). The number of pyridine rings is 1. The maximum Gasteiger partial charge on any atom is 0.341 e. The molecule has 150 valence electrons. The van der Waals surface area contributed by atoms with Gasteiger partial charge in [-0.25, -0.2) is 9.78 Å². The maximum absolute atomic E-state index is 12.3. The molecular weight excluding hydrogens is 414 g/mol. The van der Waals surface area contributed by atoms with Crippen LogP contribution in [0.5, 0.6) is 0 Å². The molecule has 0 N–H and O–H groups in total. The normalized spacial score (nSPS) is 14.1. The number of benzene rings is 1. The number of hydrogen-bond donors (Lipinski definition) is 0. The molecular formula is C21H18ClNO5S. The Morgan fingerprint density at radius 1 is 1.34 bits per heavy atom. The van der Waals surface area contributed by atoms with Crippen molar-refractivity contribution in [2.45, 2.75) is 19.4 Å². The third kappa shape index (κ3) is 4.16. The molecule has 1 unspecified atom stereocenters. The van der Waals surface area contributed by atoms with Crippen LogP contribution in [0, 0.1) is 0 Å². The molecule has 0 saturated heterocycles. The smallest absolute Gasteiger partial charge is 0.341 e. The van der Waals surface area contributed by atoms with E-state index in [9.17, 15) is 4.79 Å². The number of esters is 1. The number of fused-ring (bicyclic) bond motifs is 1. The second kappa shape index (κ2) is 8.71. The predicted octanol–water partition coefficient (Wildman–Crippen LogP) is 5.23. The number of carbonyl (C=O) groups excluding carboxylic acids is 1. The number of halogens is 1. The van der Waals surface area contributed by atoms with Crippen LogP contribution in [0.1, 0.15) is 34.5 Å². The van der Waals surface area contributed by atoms with E-state index in [-0.39, 0.29) is 13.4 Å². The minimum atomic E-state index is -0.425. The van der Waals surface area contributed by atoms with Crippen LogP contribution in [0.25, 0.3) is 10.1 Å². The zero-order valence-electron chi connectivity index (χ0n) is 15.6. The molecule has 1 aliphatic heterocycles. The number of carbonyl (C=O) groups is 1. The lowest BCUT2D eigenvalue weighted by Gasteiger charge is -2.19. The van der Waals surface area contributed by atoms with Crippen molar-refractivity contribution in [1.82, 2.24) is 4.98 Å². The van der Waals surface area contributed by atoms with Crippen molar-refractivity contribution in [1.29, 1.82) is 0 Å². The van der Waals surface area contributed by atoms with E-state index in [1.807, 2.05) is 35.7 Å². The molecule has 6 nitrogen and oxygen atoms in total. The fourth-order valence-electron chi connectivity index (χ4n) is 3.09. The monoisotopic (exact) mass is 431 g/mol. The van der Waals surface area contributed by atoms with Crippen LogP contribution in [-0.4, -0.2) is 24.4 Å². The van der Waals surface area contributed by atoms with E-state index in [4.69, 9.17) is 30.5 Å². The van der Waals surface area contributed by atoms with Crippen molar-refractivity contribution in [2.24, 2.45) is 0 Å². The molecule has 29 heavy (non-hydrogen) atoms. The first-order valence-electron chi connectivity index (χ1n) is 9.05. The van der Waals surface area contributed by atoms with Gasteiger partial charge in [0.2, 0.25) is 6.79 Å². The zero-order valence-corrected chi connectivity index (χ0v) is 17.2. The van der Waals surface area contributed by atoms with Gasteiger partial charge in [-0.1, -0.05) is 41.9 Å². The topological polar surface area (TPSA) is 66.9 Å². The van der Waals surface area contributed by atoms with E-state index in [0.717, 1.165) is 15.8 Å². The quantitative estimate of drug-likeness (QED) is 0.377. The van der Waals surface area contributed by atoms with Crippen LogP contribution in [-0.2, 0) is 25.4 Å². The summed E-state index contributed by atoms with van der Waals surface area (Å²) in [4.78, 5) is 16.6. The minimum absolute atomic E-state index is 0.118. The highest BCUT2D eigenvalue weighted by atomic mass is 35.5. The van der Waals surface area contributed by atoms with Crippen molar-refractivity contribution in [3.63, 3.8) is 0 Å². The third-order valence-electron chi connectivity index (χ3n) is 4.39. The number of hydrogen-bond acceptors (Lipinski definition) is 7.